The highest BCUT2D eigenvalue weighted by molar-refractivity contribution is 6.15. The number of non-ortho nitro benzene ring substituents is 1. The van der Waals surface area contributed by atoms with Gasteiger partial charge in [-0.1, -0.05) is 19.3 Å². The SMILES string of the molecule is Cc1cc2c(c3c1C(=O)/C(=C/c1ccc([N+](=O)[O-])cc1)O3)CN(C1CCCCC1)CO2. The summed E-state index contributed by atoms with van der Waals surface area (Å²) >= 11 is 0. The molecule has 0 atom stereocenters. The molecule has 160 valence electrons. The van der Waals surface area contributed by atoms with Crippen LogP contribution in [-0.4, -0.2) is 28.4 Å². The lowest BCUT2D eigenvalue weighted by Gasteiger charge is -2.37. The van der Waals surface area contributed by atoms with Crippen LogP contribution in [0.4, 0.5) is 5.69 Å². The molecule has 0 unspecified atom stereocenters. The first-order valence-corrected chi connectivity index (χ1v) is 10.7. The standard InChI is InChI=1S/C24H24N2O5/c1-15-11-20-19(13-25(14-30-20)17-5-3-2-4-6-17)24-22(15)23(27)21(31-24)12-16-7-9-18(10-8-16)26(28)29/h7-12,17H,2-6,13-14H2,1H3/b21-12-. The average molecular weight is 420 g/mol. The Morgan fingerprint density at radius 3 is 2.61 bits per heavy atom. The van der Waals surface area contributed by atoms with Crippen molar-refractivity contribution < 1.29 is 19.2 Å². The molecule has 2 aliphatic heterocycles. The zero-order chi connectivity index (χ0) is 21.5. The summed E-state index contributed by atoms with van der Waals surface area (Å²) in [7, 11) is 0. The van der Waals surface area contributed by atoms with Crippen molar-refractivity contribution in [3.63, 3.8) is 0 Å². The van der Waals surface area contributed by atoms with Crippen LogP contribution < -0.4 is 9.47 Å². The van der Waals surface area contributed by atoms with E-state index in [1.54, 1.807) is 18.2 Å². The molecular formula is C24H24N2O5. The lowest BCUT2D eigenvalue weighted by atomic mass is 9.93. The van der Waals surface area contributed by atoms with E-state index in [9.17, 15) is 14.9 Å². The molecule has 1 saturated carbocycles. The molecule has 0 saturated heterocycles. The molecule has 2 aromatic rings. The van der Waals surface area contributed by atoms with Gasteiger partial charge in [0.15, 0.2) is 5.76 Å². The Balaban J connectivity index is 1.46. The summed E-state index contributed by atoms with van der Waals surface area (Å²) < 4.78 is 12.2. The van der Waals surface area contributed by atoms with Gasteiger partial charge in [0.05, 0.1) is 16.1 Å². The van der Waals surface area contributed by atoms with E-state index in [0.717, 1.165) is 16.9 Å². The van der Waals surface area contributed by atoms with E-state index < -0.39 is 4.92 Å². The van der Waals surface area contributed by atoms with Crippen LogP contribution in [0.25, 0.3) is 6.08 Å². The Morgan fingerprint density at radius 2 is 1.90 bits per heavy atom. The number of Topliss-reactive ketones (excluding diaryl/α,β-unsaturated/α-hetero) is 1. The zero-order valence-electron chi connectivity index (χ0n) is 17.4. The number of benzene rings is 2. The summed E-state index contributed by atoms with van der Waals surface area (Å²) in [6, 6.07) is 8.50. The molecule has 0 N–H and O–H groups in total. The van der Waals surface area contributed by atoms with E-state index in [-0.39, 0.29) is 17.2 Å². The maximum atomic E-state index is 13.1. The number of aryl methyl sites for hydroxylation is 1. The quantitative estimate of drug-likeness (QED) is 0.395. The van der Waals surface area contributed by atoms with Gasteiger partial charge in [0.2, 0.25) is 5.78 Å². The van der Waals surface area contributed by atoms with E-state index >= 15 is 0 Å². The minimum atomic E-state index is -0.447. The number of ether oxygens (including phenoxy) is 2. The van der Waals surface area contributed by atoms with Gasteiger partial charge in [-0.2, -0.15) is 0 Å². The van der Waals surface area contributed by atoms with E-state index in [4.69, 9.17) is 9.47 Å². The number of carbonyl (C=O) groups excluding carboxylic acids is 1. The second kappa shape index (κ2) is 7.81. The number of hydrogen-bond donors (Lipinski definition) is 0. The van der Waals surface area contributed by atoms with Gasteiger partial charge in [-0.25, -0.2) is 0 Å². The molecule has 0 spiro atoms. The second-order valence-corrected chi connectivity index (χ2v) is 8.47. The van der Waals surface area contributed by atoms with Crippen LogP contribution >= 0.6 is 0 Å². The number of nitro benzene ring substituents is 1. The number of nitrogens with zero attached hydrogens (tertiary/aromatic N) is 2. The van der Waals surface area contributed by atoms with Crippen molar-refractivity contribution >= 4 is 17.5 Å². The lowest BCUT2D eigenvalue weighted by molar-refractivity contribution is -0.384. The first-order valence-electron chi connectivity index (χ1n) is 10.7. The minimum Gasteiger partial charge on any atom is -0.478 e. The smallest absolute Gasteiger partial charge is 0.269 e. The predicted molar refractivity (Wildman–Crippen MR) is 115 cm³/mol. The molecule has 0 aromatic heterocycles. The van der Waals surface area contributed by atoms with Crippen LogP contribution in [0.3, 0.4) is 0 Å². The number of nitro groups is 1. The second-order valence-electron chi connectivity index (χ2n) is 8.47. The topological polar surface area (TPSA) is 81.9 Å². The van der Waals surface area contributed by atoms with Crippen molar-refractivity contribution in [1.82, 2.24) is 4.90 Å². The van der Waals surface area contributed by atoms with Crippen molar-refractivity contribution in [3.8, 4) is 11.5 Å². The summed E-state index contributed by atoms with van der Waals surface area (Å²) in [4.78, 5) is 25.9. The summed E-state index contributed by atoms with van der Waals surface area (Å²) in [5, 5.41) is 10.9. The highest BCUT2D eigenvalue weighted by Gasteiger charge is 2.36. The van der Waals surface area contributed by atoms with Gasteiger partial charge < -0.3 is 9.47 Å². The Bertz CT molecular complexity index is 1080. The fraction of sp³-hybridized carbons (Fsp3) is 0.375. The maximum Gasteiger partial charge on any atom is 0.269 e. The number of carbonyl (C=O) groups is 1. The Morgan fingerprint density at radius 1 is 1.16 bits per heavy atom. The van der Waals surface area contributed by atoms with Crippen molar-refractivity contribution in [1.29, 1.82) is 0 Å². The summed E-state index contributed by atoms with van der Waals surface area (Å²) in [5.41, 5.74) is 3.03. The molecular weight excluding hydrogens is 396 g/mol. The molecule has 2 heterocycles. The number of ketones is 1. The molecule has 1 fully saturated rings. The van der Waals surface area contributed by atoms with Crippen LogP contribution in [0, 0.1) is 17.0 Å². The van der Waals surface area contributed by atoms with Gasteiger partial charge in [-0.15, -0.1) is 0 Å². The highest BCUT2D eigenvalue weighted by Crippen LogP contribution is 2.44. The average Bonchev–Trinajstić information content (AvgIpc) is 3.11. The van der Waals surface area contributed by atoms with E-state index in [1.807, 2.05) is 13.0 Å². The van der Waals surface area contributed by atoms with Crippen molar-refractivity contribution in [3.05, 3.63) is 68.5 Å². The minimum absolute atomic E-state index is 0.00831. The largest absolute Gasteiger partial charge is 0.478 e. The summed E-state index contributed by atoms with van der Waals surface area (Å²) in [6.45, 7) is 3.17. The van der Waals surface area contributed by atoms with Crippen LogP contribution in [-0.2, 0) is 6.54 Å². The van der Waals surface area contributed by atoms with E-state index in [0.29, 0.717) is 36.2 Å². The monoisotopic (exact) mass is 420 g/mol. The Hall–Kier alpha value is -3.19. The van der Waals surface area contributed by atoms with Crippen molar-refractivity contribution in [2.75, 3.05) is 6.73 Å². The van der Waals surface area contributed by atoms with Gasteiger partial charge in [0.1, 0.15) is 18.2 Å². The number of allylic oxidation sites excluding steroid dienone is 1. The maximum absolute atomic E-state index is 13.1. The fourth-order valence-corrected chi connectivity index (χ4v) is 4.77. The zero-order valence-corrected chi connectivity index (χ0v) is 17.4. The summed E-state index contributed by atoms with van der Waals surface area (Å²) in [6.07, 6.45) is 7.79. The normalized spacial score (nSPS) is 20.2. The lowest BCUT2D eigenvalue weighted by Crippen LogP contribution is -2.41. The highest BCUT2D eigenvalue weighted by atomic mass is 16.6. The van der Waals surface area contributed by atoms with Gasteiger partial charge in [0.25, 0.3) is 5.69 Å². The molecule has 1 aliphatic carbocycles. The van der Waals surface area contributed by atoms with Crippen molar-refractivity contribution in [2.45, 2.75) is 51.6 Å². The van der Waals surface area contributed by atoms with Gasteiger partial charge >= 0.3 is 0 Å². The third kappa shape index (κ3) is 3.59. The van der Waals surface area contributed by atoms with Crippen LogP contribution in [0.5, 0.6) is 11.5 Å². The van der Waals surface area contributed by atoms with Crippen LogP contribution in [0.1, 0.15) is 59.2 Å². The fourth-order valence-electron chi connectivity index (χ4n) is 4.77. The Kier molecular flexibility index (Phi) is 4.98. The molecule has 2 aromatic carbocycles. The number of rotatable bonds is 3. The van der Waals surface area contributed by atoms with Gasteiger partial charge in [-0.3, -0.25) is 19.8 Å². The van der Waals surface area contributed by atoms with Gasteiger partial charge in [-0.05, 0) is 55.2 Å². The predicted octanol–water partition coefficient (Wildman–Crippen LogP) is 5.00. The van der Waals surface area contributed by atoms with E-state index in [1.165, 1.54) is 44.2 Å². The third-order valence-corrected chi connectivity index (χ3v) is 6.44. The van der Waals surface area contributed by atoms with Crippen LogP contribution in [0.2, 0.25) is 0 Å². The number of fused-ring (bicyclic) bond motifs is 3. The molecule has 7 nitrogen and oxygen atoms in total. The van der Waals surface area contributed by atoms with E-state index in [2.05, 4.69) is 4.90 Å². The summed E-state index contributed by atoms with van der Waals surface area (Å²) in [5.74, 6) is 1.44. The molecule has 7 heteroatoms. The first-order chi connectivity index (χ1) is 15.0. The Labute approximate surface area is 180 Å². The molecule has 0 bridgehead atoms. The first kappa shape index (κ1) is 19.8. The molecule has 31 heavy (non-hydrogen) atoms. The molecule has 5 rings (SSSR count). The van der Waals surface area contributed by atoms with Gasteiger partial charge in [0, 0.05) is 24.7 Å². The van der Waals surface area contributed by atoms with Crippen LogP contribution in [0.15, 0.2) is 36.1 Å². The van der Waals surface area contributed by atoms with Crippen molar-refractivity contribution in [2.24, 2.45) is 0 Å². The molecule has 3 aliphatic rings. The molecule has 0 amide bonds. The molecule has 0 radical (unpaired) electrons. The number of hydrogen-bond acceptors (Lipinski definition) is 6. The third-order valence-electron chi connectivity index (χ3n) is 6.44.